The summed E-state index contributed by atoms with van der Waals surface area (Å²) in [5.74, 6) is -0.477. The Hall–Kier alpha value is -2.11. The first-order chi connectivity index (χ1) is 10.1. The molecule has 1 aromatic rings. The van der Waals surface area contributed by atoms with E-state index in [9.17, 15) is 14.0 Å². The Morgan fingerprint density at radius 3 is 2.81 bits per heavy atom. The van der Waals surface area contributed by atoms with Crippen LogP contribution in [0.25, 0.3) is 0 Å². The van der Waals surface area contributed by atoms with Crippen molar-refractivity contribution in [3.8, 4) is 5.75 Å². The number of carbonyl (C=O) groups is 2. The van der Waals surface area contributed by atoms with Crippen molar-refractivity contribution in [2.75, 3.05) is 6.54 Å². The van der Waals surface area contributed by atoms with E-state index in [1.807, 2.05) is 0 Å². The molecule has 0 aromatic heterocycles. The molecule has 1 heterocycles. The topological polar surface area (TPSA) is 67.4 Å². The number of carbonyl (C=O) groups excluding carboxylic acids is 2. The van der Waals surface area contributed by atoms with Crippen molar-refractivity contribution >= 4 is 11.8 Å². The van der Waals surface area contributed by atoms with Crippen LogP contribution < -0.4 is 15.4 Å². The van der Waals surface area contributed by atoms with Crippen LogP contribution in [-0.2, 0) is 9.59 Å². The first kappa shape index (κ1) is 15.3. The van der Waals surface area contributed by atoms with Crippen molar-refractivity contribution in [2.24, 2.45) is 0 Å². The van der Waals surface area contributed by atoms with E-state index >= 15 is 0 Å². The number of ether oxygens (including phenoxy) is 1. The number of rotatable bonds is 4. The van der Waals surface area contributed by atoms with Crippen molar-refractivity contribution in [3.63, 3.8) is 0 Å². The summed E-state index contributed by atoms with van der Waals surface area (Å²) in [5, 5.41) is 5.45. The molecule has 2 atom stereocenters. The zero-order chi connectivity index (χ0) is 15.2. The molecule has 0 unspecified atom stereocenters. The SMILES string of the molecule is C[C@H](Oc1ccc(F)cc1)C(=O)N[C@@H]1CCCCNC1=O. The third-order valence-corrected chi connectivity index (χ3v) is 3.35. The lowest BCUT2D eigenvalue weighted by Gasteiger charge is -2.19. The van der Waals surface area contributed by atoms with E-state index in [1.165, 1.54) is 24.3 Å². The second-order valence-corrected chi connectivity index (χ2v) is 5.06. The fourth-order valence-corrected chi connectivity index (χ4v) is 2.14. The van der Waals surface area contributed by atoms with Crippen LogP contribution in [0.2, 0.25) is 0 Å². The summed E-state index contributed by atoms with van der Waals surface area (Å²) in [6.07, 6.45) is 1.67. The minimum atomic E-state index is -0.758. The lowest BCUT2D eigenvalue weighted by Crippen LogP contribution is -2.49. The third kappa shape index (κ3) is 4.44. The lowest BCUT2D eigenvalue weighted by molar-refractivity contribution is -0.132. The van der Waals surface area contributed by atoms with E-state index in [-0.39, 0.29) is 17.6 Å². The summed E-state index contributed by atoms with van der Waals surface area (Å²) in [6, 6.07) is 4.92. The van der Waals surface area contributed by atoms with Gasteiger partial charge in [0.05, 0.1) is 0 Å². The second kappa shape index (κ2) is 7.06. The highest BCUT2D eigenvalue weighted by Crippen LogP contribution is 2.13. The standard InChI is InChI=1S/C15H19FN2O3/c1-10(21-12-7-5-11(16)6-8-12)14(19)18-13-4-2-3-9-17-15(13)20/h5-8,10,13H,2-4,9H2,1H3,(H,17,20)(H,18,19)/t10-,13+/m0/s1. The molecule has 6 heteroatoms. The smallest absolute Gasteiger partial charge is 0.261 e. The van der Waals surface area contributed by atoms with Crippen LogP contribution in [-0.4, -0.2) is 30.5 Å². The molecule has 0 spiro atoms. The molecular weight excluding hydrogens is 275 g/mol. The summed E-state index contributed by atoms with van der Waals surface area (Å²) < 4.78 is 18.2. The third-order valence-electron chi connectivity index (χ3n) is 3.35. The van der Waals surface area contributed by atoms with Gasteiger partial charge in [0.15, 0.2) is 6.10 Å². The molecule has 0 radical (unpaired) electrons. The van der Waals surface area contributed by atoms with E-state index < -0.39 is 12.1 Å². The van der Waals surface area contributed by atoms with E-state index in [4.69, 9.17) is 4.74 Å². The zero-order valence-electron chi connectivity index (χ0n) is 11.9. The fraction of sp³-hybridized carbons (Fsp3) is 0.467. The van der Waals surface area contributed by atoms with Gasteiger partial charge in [-0.3, -0.25) is 9.59 Å². The Morgan fingerprint density at radius 2 is 2.10 bits per heavy atom. The van der Waals surface area contributed by atoms with Crippen molar-refractivity contribution in [2.45, 2.75) is 38.3 Å². The molecule has 0 bridgehead atoms. The maximum atomic E-state index is 12.8. The van der Waals surface area contributed by atoms with Crippen LogP contribution in [0.4, 0.5) is 4.39 Å². The van der Waals surface area contributed by atoms with Gasteiger partial charge in [-0.05, 0) is 50.5 Å². The number of hydrogen-bond acceptors (Lipinski definition) is 3. The minimum Gasteiger partial charge on any atom is -0.481 e. The predicted octanol–water partition coefficient (Wildman–Crippen LogP) is 1.38. The molecular formula is C15H19FN2O3. The molecule has 1 saturated heterocycles. The van der Waals surface area contributed by atoms with Crippen molar-refractivity contribution in [1.82, 2.24) is 10.6 Å². The van der Waals surface area contributed by atoms with Gasteiger partial charge >= 0.3 is 0 Å². The first-order valence-electron chi connectivity index (χ1n) is 7.06. The molecule has 2 amide bonds. The monoisotopic (exact) mass is 294 g/mol. The summed E-state index contributed by atoms with van der Waals surface area (Å²) in [4.78, 5) is 23.8. The Balaban J connectivity index is 1.89. The van der Waals surface area contributed by atoms with Crippen LogP contribution in [0.1, 0.15) is 26.2 Å². The minimum absolute atomic E-state index is 0.158. The van der Waals surface area contributed by atoms with Crippen molar-refractivity contribution in [3.05, 3.63) is 30.1 Å². The molecule has 21 heavy (non-hydrogen) atoms. The number of halogens is 1. The average molecular weight is 294 g/mol. The van der Waals surface area contributed by atoms with Gasteiger partial charge in [-0.2, -0.15) is 0 Å². The van der Waals surface area contributed by atoms with Gasteiger partial charge in [0.2, 0.25) is 5.91 Å². The summed E-state index contributed by atoms with van der Waals surface area (Å²) in [6.45, 7) is 2.24. The van der Waals surface area contributed by atoms with Gasteiger partial charge in [0.25, 0.3) is 5.91 Å². The van der Waals surface area contributed by atoms with E-state index in [1.54, 1.807) is 6.92 Å². The van der Waals surface area contributed by atoms with Crippen LogP contribution in [0.5, 0.6) is 5.75 Å². The summed E-state index contributed by atoms with van der Waals surface area (Å²) >= 11 is 0. The Bertz CT molecular complexity index is 504. The van der Waals surface area contributed by atoms with Gasteiger partial charge in [0, 0.05) is 6.54 Å². The molecule has 1 aromatic carbocycles. The van der Waals surface area contributed by atoms with Crippen molar-refractivity contribution in [1.29, 1.82) is 0 Å². The largest absolute Gasteiger partial charge is 0.481 e. The van der Waals surface area contributed by atoms with Crippen LogP contribution in [0.3, 0.4) is 0 Å². The summed E-state index contributed by atoms with van der Waals surface area (Å²) in [5.41, 5.74) is 0. The van der Waals surface area contributed by atoms with Gasteiger partial charge in [0.1, 0.15) is 17.6 Å². The maximum absolute atomic E-state index is 12.8. The molecule has 2 N–H and O–H groups in total. The molecule has 0 aliphatic carbocycles. The lowest BCUT2D eigenvalue weighted by atomic mass is 10.1. The molecule has 2 rings (SSSR count). The Morgan fingerprint density at radius 1 is 1.38 bits per heavy atom. The van der Waals surface area contributed by atoms with Crippen LogP contribution >= 0.6 is 0 Å². The maximum Gasteiger partial charge on any atom is 0.261 e. The average Bonchev–Trinajstić information content (AvgIpc) is 2.66. The number of benzene rings is 1. The normalized spacial score (nSPS) is 20.1. The molecule has 1 aliphatic heterocycles. The van der Waals surface area contributed by atoms with Gasteiger partial charge in [-0.25, -0.2) is 4.39 Å². The van der Waals surface area contributed by atoms with E-state index in [0.717, 1.165) is 12.8 Å². The highest BCUT2D eigenvalue weighted by atomic mass is 19.1. The van der Waals surface area contributed by atoms with Gasteiger partial charge in [-0.15, -0.1) is 0 Å². The quantitative estimate of drug-likeness (QED) is 0.881. The van der Waals surface area contributed by atoms with Gasteiger partial charge < -0.3 is 15.4 Å². The molecule has 114 valence electrons. The fourth-order valence-electron chi connectivity index (χ4n) is 2.14. The van der Waals surface area contributed by atoms with Gasteiger partial charge in [-0.1, -0.05) is 0 Å². The number of hydrogen-bond donors (Lipinski definition) is 2. The highest BCUT2D eigenvalue weighted by molar-refractivity contribution is 5.89. The van der Waals surface area contributed by atoms with E-state index in [0.29, 0.717) is 18.7 Å². The summed E-state index contributed by atoms with van der Waals surface area (Å²) in [7, 11) is 0. The molecule has 5 nitrogen and oxygen atoms in total. The zero-order valence-corrected chi connectivity index (χ0v) is 11.9. The highest BCUT2D eigenvalue weighted by Gasteiger charge is 2.25. The van der Waals surface area contributed by atoms with E-state index in [2.05, 4.69) is 10.6 Å². The molecule has 1 fully saturated rings. The number of nitrogens with one attached hydrogen (secondary N) is 2. The number of amides is 2. The second-order valence-electron chi connectivity index (χ2n) is 5.06. The molecule has 0 saturated carbocycles. The molecule has 1 aliphatic rings. The predicted molar refractivity (Wildman–Crippen MR) is 75.3 cm³/mol. The van der Waals surface area contributed by atoms with Crippen LogP contribution in [0.15, 0.2) is 24.3 Å². The Kier molecular flexibility index (Phi) is 5.14. The van der Waals surface area contributed by atoms with Crippen LogP contribution in [0, 0.1) is 5.82 Å². The first-order valence-corrected chi connectivity index (χ1v) is 7.06. The van der Waals surface area contributed by atoms with Crippen molar-refractivity contribution < 1.29 is 18.7 Å². The Labute approximate surface area is 122 Å².